The van der Waals surface area contributed by atoms with Crippen molar-refractivity contribution in [3.05, 3.63) is 35.4 Å². The van der Waals surface area contributed by atoms with Gasteiger partial charge in [-0.25, -0.2) is 4.79 Å². The van der Waals surface area contributed by atoms with E-state index in [9.17, 15) is 4.79 Å². The van der Waals surface area contributed by atoms with Gasteiger partial charge in [-0.3, -0.25) is 0 Å². The highest BCUT2D eigenvalue weighted by molar-refractivity contribution is 7.80. The molecule has 1 rings (SSSR count). The van der Waals surface area contributed by atoms with Crippen LogP contribution in [0.1, 0.15) is 22.8 Å². The van der Waals surface area contributed by atoms with Gasteiger partial charge in [0, 0.05) is 5.25 Å². The summed E-state index contributed by atoms with van der Waals surface area (Å²) in [4.78, 5) is 11.1. The first-order valence-electron chi connectivity index (χ1n) is 4.49. The van der Waals surface area contributed by atoms with E-state index in [1.54, 1.807) is 12.1 Å². The van der Waals surface area contributed by atoms with E-state index in [2.05, 4.69) is 17.4 Å². The third kappa shape index (κ3) is 3.07. The molecule has 0 saturated heterocycles. The van der Waals surface area contributed by atoms with Crippen molar-refractivity contribution in [2.45, 2.75) is 18.6 Å². The van der Waals surface area contributed by atoms with Crippen molar-refractivity contribution >= 4 is 18.6 Å². The van der Waals surface area contributed by atoms with Crippen molar-refractivity contribution in [3.63, 3.8) is 0 Å². The molecule has 0 N–H and O–H groups in total. The maximum Gasteiger partial charge on any atom is 0.337 e. The van der Waals surface area contributed by atoms with Crippen LogP contribution in [-0.4, -0.2) is 18.3 Å². The average molecular weight is 210 g/mol. The van der Waals surface area contributed by atoms with Crippen LogP contribution >= 0.6 is 12.6 Å². The predicted molar refractivity (Wildman–Crippen MR) is 59.9 cm³/mol. The number of hydrogen-bond acceptors (Lipinski definition) is 3. The van der Waals surface area contributed by atoms with Crippen molar-refractivity contribution in [3.8, 4) is 0 Å². The summed E-state index contributed by atoms with van der Waals surface area (Å²) < 4.78 is 4.60. The summed E-state index contributed by atoms with van der Waals surface area (Å²) >= 11 is 4.30. The van der Waals surface area contributed by atoms with Crippen LogP contribution in [0.4, 0.5) is 0 Å². The zero-order chi connectivity index (χ0) is 10.6. The monoisotopic (exact) mass is 210 g/mol. The highest BCUT2D eigenvalue weighted by Crippen LogP contribution is 2.09. The molecule has 1 aromatic carbocycles. The molecule has 0 bridgehead atoms. The van der Waals surface area contributed by atoms with Crippen LogP contribution in [0.3, 0.4) is 0 Å². The van der Waals surface area contributed by atoms with E-state index < -0.39 is 0 Å². The first kappa shape index (κ1) is 11.1. The molecular formula is C11H14O2S. The fourth-order valence-electron chi connectivity index (χ4n) is 1.24. The quantitative estimate of drug-likeness (QED) is 0.612. The van der Waals surface area contributed by atoms with Crippen molar-refractivity contribution < 1.29 is 9.53 Å². The molecule has 0 aliphatic heterocycles. The molecule has 1 aromatic rings. The molecule has 0 spiro atoms. The molecule has 0 aliphatic carbocycles. The van der Waals surface area contributed by atoms with Crippen LogP contribution in [-0.2, 0) is 11.2 Å². The number of ether oxygens (including phenoxy) is 1. The Balaban J connectivity index is 2.73. The normalized spacial score (nSPS) is 12.2. The number of benzene rings is 1. The van der Waals surface area contributed by atoms with Gasteiger partial charge in [-0.1, -0.05) is 19.1 Å². The number of hydrogen-bond donors (Lipinski definition) is 1. The lowest BCUT2D eigenvalue weighted by atomic mass is 10.1. The first-order chi connectivity index (χ1) is 6.63. The Kier molecular flexibility index (Phi) is 4.01. The van der Waals surface area contributed by atoms with Gasteiger partial charge in [-0.2, -0.15) is 12.6 Å². The van der Waals surface area contributed by atoms with Gasteiger partial charge in [-0.15, -0.1) is 0 Å². The fourth-order valence-corrected chi connectivity index (χ4v) is 1.45. The van der Waals surface area contributed by atoms with Gasteiger partial charge in [-0.05, 0) is 24.1 Å². The van der Waals surface area contributed by atoms with E-state index in [1.807, 2.05) is 19.1 Å². The van der Waals surface area contributed by atoms with Crippen LogP contribution in [0.15, 0.2) is 24.3 Å². The summed E-state index contributed by atoms with van der Waals surface area (Å²) in [5.74, 6) is -0.296. The number of carbonyl (C=O) groups is 1. The molecule has 2 nitrogen and oxygen atoms in total. The van der Waals surface area contributed by atoms with Crippen LogP contribution < -0.4 is 0 Å². The Labute approximate surface area is 89.7 Å². The van der Waals surface area contributed by atoms with E-state index in [-0.39, 0.29) is 5.97 Å². The van der Waals surface area contributed by atoms with Crippen molar-refractivity contribution in [2.75, 3.05) is 7.11 Å². The van der Waals surface area contributed by atoms with E-state index in [1.165, 1.54) is 12.7 Å². The molecule has 0 heterocycles. The van der Waals surface area contributed by atoms with E-state index in [0.29, 0.717) is 10.8 Å². The Morgan fingerprint density at radius 3 is 2.43 bits per heavy atom. The third-order valence-corrected chi connectivity index (χ3v) is 2.09. The van der Waals surface area contributed by atoms with Crippen LogP contribution in [0.5, 0.6) is 0 Å². The standard InChI is InChI=1S/C11H14O2S/c1-8(14)7-9-3-5-10(6-4-9)11(12)13-2/h3-6,8,14H,7H2,1-2H3. The lowest BCUT2D eigenvalue weighted by molar-refractivity contribution is 0.0601. The molecule has 0 amide bonds. The van der Waals surface area contributed by atoms with Crippen LogP contribution in [0, 0.1) is 0 Å². The maximum atomic E-state index is 11.1. The van der Waals surface area contributed by atoms with E-state index in [0.717, 1.165) is 6.42 Å². The molecule has 0 fully saturated rings. The van der Waals surface area contributed by atoms with Gasteiger partial charge in [0.2, 0.25) is 0 Å². The second-order valence-electron chi connectivity index (χ2n) is 3.24. The minimum absolute atomic E-state index is 0.296. The number of carbonyl (C=O) groups excluding carboxylic acids is 1. The fraction of sp³-hybridized carbons (Fsp3) is 0.364. The molecular weight excluding hydrogens is 196 g/mol. The molecule has 1 atom stereocenters. The van der Waals surface area contributed by atoms with Gasteiger partial charge in [0.1, 0.15) is 0 Å². The molecule has 14 heavy (non-hydrogen) atoms. The largest absolute Gasteiger partial charge is 0.465 e. The van der Waals surface area contributed by atoms with E-state index >= 15 is 0 Å². The van der Waals surface area contributed by atoms with Crippen LogP contribution in [0.25, 0.3) is 0 Å². The lowest BCUT2D eigenvalue weighted by Gasteiger charge is -2.04. The summed E-state index contributed by atoms with van der Waals surface area (Å²) in [6.45, 7) is 2.04. The SMILES string of the molecule is COC(=O)c1ccc(CC(C)S)cc1. The summed E-state index contributed by atoms with van der Waals surface area (Å²) in [6, 6.07) is 7.41. The number of rotatable bonds is 3. The Hall–Kier alpha value is -0.960. The molecule has 0 radical (unpaired) electrons. The molecule has 76 valence electrons. The van der Waals surface area contributed by atoms with E-state index in [4.69, 9.17) is 0 Å². The summed E-state index contributed by atoms with van der Waals surface area (Å²) in [5.41, 5.74) is 1.77. The molecule has 3 heteroatoms. The lowest BCUT2D eigenvalue weighted by Crippen LogP contribution is -2.02. The number of esters is 1. The summed E-state index contributed by atoms with van der Waals surface area (Å²) in [5, 5.41) is 0.332. The van der Waals surface area contributed by atoms with Crippen molar-refractivity contribution in [1.82, 2.24) is 0 Å². The van der Waals surface area contributed by atoms with Gasteiger partial charge < -0.3 is 4.74 Å². The van der Waals surface area contributed by atoms with Crippen molar-refractivity contribution in [2.24, 2.45) is 0 Å². The Morgan fingerprint density at radius 2 is 2.00 bits per heavy atom. The minimum atomic E-state index is -0.296. The topological polar surface area (TPSA) is 26.3 Å². The molecule has 0 saturated carbocycles. The zero-order valence-corrected chi connectivity index (χ0v) is 9.25. The maximum absolute atomic E-state index is 11.1. The van der Waals surface area contributed by atoms with Crippen molar-refractivity contribution in [1.29, 1.82) is 0 Å². The molecule has 0 aromatic heterocycles. The Morgan fingerprint density at radius 1 is 1.43 bits per heavy atom. The van der Waals surface area contributed by atoms with Gasteiger partial charge in [0.15, 0.2) is 0 Å². The highest BCUT2D eigenvalue weighted by atomic mass is 32.1. The minimum Gasteiger partial charge on any atom is -0.465 e. The molecule has 1 unspecified atom stereocenters. The third-order valence-electron chi connectivity index (χ3n) is 1.91. The Bertz CT molecular complexity index is 304. The smallest absolute Gasteiger partial charge is 0.337 e. The number of thiol groups is 1. The highest BCUT2D eigenvalue weighted by Gasteiger charge is 2.04. The number of methoxy groups -OCH3 is 1. The summed E-state index contributed by atoms with van der Waals surface area (Å²) in [6.07, 6.45) is 0.907. The second kappa shape index (κ2) is 5.05. The summed E-state index contributed by atoms with van der Waals surface area (Å²) in [7, 11) is 1.38. The van der Waals surface area contributed by atoms with Crippen LogP contribution in [0.2, 0.25) is 0 Å². The molecule has 0 aliphatic rings. The average Bonchev–Trinajstić information content (AvgIpc) is 2.17. The second-order valence-corrected chi connectivity index (χ2v) is 4.12. The van der Waals surface area contributed by atoms with Gasteiger partial charge >= 0.3 is 5.97 Å². The predicted octanol–water partition coefficient (Wildman–Crippen LogP) is 2.33. The van der Waals surface area contributed by atoms with Gasteiger partial charge in [0.25, 0.3) is 0 Å². The van der Waals surface area contributed by atoms with Gasteiger partial charge in [0.05, 0.1) is 12.7 Å². The first-order valence-corrected chi connectivity index (χ1v) is 5.00. The zero-order valence-electron chi connectivity index (χ0n) is 8.36.